The van der Waals surface area contributed by atoms with Crippen LogP contribution >= 0.6 is 0 Å². The molecule has 0 radical (unpaired) electrons. The van der Waals surface area contributed by atoms with Gasteiger partial charge in [0.05, 0.1) is 19.2 Å². The van der Waals surface area contributed by atoms with E-state index in [-0.39, 0.29) is 0 Å². The summed E-state index contributed by atoms with van der Waals surface area (Å²) in [5.41, 5.74) is 0. The second-order valence-corrected chi connectivity index (χ2v) is 3.21. The molecule has 1 aliphatic carbocycles. The Kier molecular flexibility index (Phi) is 4.06. The van der Waals surface area contributed by atoms with Crippen LogP contribution in [0.15, 0.2) is 0 Å². The van der Waals surface area contributed by atoms with E-state index in [0.29, 0.717) is 12.6 Å². The molecule has 0 aromatic heterocycles. The van der Waals surface area contributed by atoms with E-state index in [4.69, 9.17) is 10.00 Å². The Morgan fingerprint density at radius 1 is 1.58 bits per heavy atom. The van der Waals surface area contributed by atoms with Crippen LogP contribution in [-0.4, -0.2) is 37.7 Å². The number of nitriles is 1. The molecule has 0 bridgehead atoms. The lowest BCUT2D eigenvalue weighted by atomic mass is 9.91. The molecule has 0 aliphatic heterocycles. The fourth-order valence-electron chi connectivity index (χ4n) is 1.44. The summed E-state index contributed by atoms with van der Waals surface area (Å²) in [5.74, 6) is 0. The highest BCUT2D eigenvalue weighted by Gasteiger charge is 2.23. The normalized spacial score (nSPS) is 17.4. The smallest absolute Gasteiger partial charge is 0.0869 e. The Morgan fingerprint density at radius 2 is 2.33 bits per heavy atom. The molecule has 0 N–H and O–H groups in total. The number of ether oxygens (including phenoxy) is 1. The second kappa shape index (κ2) is 5.13. The van der Waals surface area contributed by atoms with Gasteiger partial charge in [-0.3, -0.25) is 4.90 Å². The second-order valence-electron chi connectivity index (χ2n) is 3.21. The summed E-state index contributed by atoms with van der Waals surface area (Å²) in [6, 6.07) is 2.85. The van der Waals surface area contributed by atoms with E-state index >= 15 is 0 Å². The number of methoxy groups -OCH3 is 1. The highest BCUT2D eigenvalue weighted by Crippen LogP contribution is 2.23. The molecule has 3 heteroatoms. The van der Waals surface area contributed by atoms with Crippen molar-refractivity contribution in [2.75, 3.05) is 26.8 Å². The van der Waals surface area contributed by atoms with E-state index in [1.54, 1.807) is 7.11 Å². The number of rotatable bonds is 5. The van der Waals surface area contributed by atoms with Crippen molar-refractivity contribution in [2.45, 2.75) is 25.3 Å². The zero-order valence-electron chi connectivity index (χ0n) is 7.62. The fourth-order valence-corrected chi connectivity index (χ4v) is 1.44. The first-order chi connectivity index (χ1) is 5.88. The van der Waals surface area contributed by atoms with Gasteiger partial charge in [-0.2, -0.15) is 5.26 Å². The third kappa shape index (κ3) is 2.47. The van der Waals surface area contributed by atoms with E-state index in [0.717, 1.165) is 13.2 Å². The zero-order valence-corrected chi connectivity index (χ0v) is 7.62. The zero-order chi connectivity index (χ0) is 8.81. The van der Waals surface area contributed by atoms with Crippen molar-refractivity contribution in [3.05, 3.63) is 0 Å². The molecule has 0 heterocycles. The van der Waals surface area contributed by atoms with E-state index in [1.807, 2.05) is 0 Å². The molecule has 1 aliphatic rings. The minimum absolute atomic E-state index is 0.550. The number of hydrogen-bond donors (Lipinski definition) is 0. The summed E-state index contributed by atoms with van der Waals surface area (Å²) >= 11 is 0. The van der Waals surface area contributed by atoms with Gasteiger partial charge in [0.25, 0.3) is 0 Å². The molecule has 0 aromatic carbocycles. The van der Waals surface area contributed by atoms with Gasteiger partial charge in [0, 0.05) is 19.7 Å². The highest BCUT2D eigenvalue weighted by atomic mass is 16.5. The molecule has 1 fully saturated rings. The van der Waals surface area contributed by atoms with Crippen molar-refractivity contribution in [1.29, 1.82) is 5.26 Å². The minimum atomic E-state index is 0.550. The van der Waals surface area contributed by atoms with Crippen molar-refractivity contribution in [3.8, 4) is 6.07 Å². The minimum Gasteiger partial charge on any atom is -0.383 e. The van der Waals surface area contributed by atoms with Gasteiger partial charge in [-0.15, -0.1) is 0 Å². The molecule has 0 saturated heterocycles. The van der Waals surface area contributed by atoms with Gasteiger partial charge < -0.3 is 4.74 Å². The molecule has 0 aromatic rings. The van der Waals surface area contributed by atoms with Gasteiger partial charge in [0.15, 0.2) is 0 Å². The molecule has 1 rings (SSSR count). The monoisotopic (exact) mass is 168 g/mol. The van der Waals surface area contributed by atoms with Crippen molar-refractivity contribution in [3.63, 3.8) is 0 Å². The van der Waals surface area contributed by atoms with E-state index in [2.05, 4.69) is 11.0 Å². The van der Waals surface area contributed by atoms with Crippen LogP contribution in [0.2, 0.25) is 0 Å². The van der Waals surface area contributed by atoms with Crippen molar-refractivity contribution < 1.29 is 4.74 Å². The Morgan fingerprint density at radius 3 is 2.75 bits per heavy atom. The van der Waals surface area contributed by atoms with Gasteiger partial charge in [0.1, 0.15) is 0 Å². The maximum absolute atomic E-state index is 8.57. The largest absolute Gasteiger partial charge is 0.383 e. The molecule has 0 spiro atoms. The Hall–Kier alpha value is -0.590. The number of hydrogen-bond acceptors (Lipinski definition) is 3. The average Bonchev–Trinajstić information content (AvgIpc) is 1.97. The molecule has 12 heavy (non-hydrogen) atoms. The number of nitrogens with zero attached hydrogens (tertiary/aromatic N) is 2. The average molecular weight is 168 g/mol. The third-order valence-corrected chi connectivity index (χ3v) is 2.45. The lowest BCUT2D eigenvalue weighted by molar-refractivity contribution is 0.0959. The van der Waals surface area contributed by atoms with Crippen molar-refractivity contribution in [2.24, 2.45) is 0 Å². The third-order valence-electron chi connectivity index (χ3n) is 2.45. The van der Waals surface area contributed by atoms with Crippen LogP contribution in [0.5, 0.6) is 0 Å². The summed E-state index contributed by atoms with van der Waals surface area (Å²) in [4.78, 5) is 2.22. The van der Waals surface area contributed by atoms with Crippen molar-refractivity contribution in [1.82, 2.24) is 4.90 Å². The molecule has 1 saturated carbocycles. The molecular weight excluding hydrogens is 152 g/mol. The predicted octanol–water partition coefficient (Wildman–Crippen LogP) is 1.01. The molecular formula is C9H16N2O. The standard InChI is InChI=1S/C9H16N2O/c1-12-8-7-11(6-5-10)9-3-2-4-9/h9H,2-4,6-8H2,1H3. The van der Waals surface area contributed by atoms with Gasteiger partial charge in [-0.25, -0.2) is 0 Å². The predicted molar refractivity (Wildman–Crippen MR) is 46.7 cm³/mol. The summed E-state index contributed by atoms with van der Waals surface area (Å²) in [5, 5.41) is 8.57. The summed E-state index contributed by atoms with van der Waals surface area (Å²) in [6.07, 6.45) is 3.83. The Balaban J connectivity index is 2.22. The first kappa shape index (κ1) is 9.50. The molecule has 0 unspecified atom stereocenters. The van der Waals surface area contributed by atoms with Crippen LogP contribution in [-0.2, 0) is 4.74 Å². The van der Waals surface area contributed by atoms with Gasteiger partial charge in [-0.05, 0) is 12.8 Å². The van der Waals surface area contributed by atoms with Gasteiger partial charge >= 0.3 is 0 Å². The van der Waals surface area contributed by atoms with Crippen LogP contribution in [0.4, 0.5) is 0 Å². The summed E-state index contributed by atoms with van der Waals surface area (Å²) in [6.45, 7) is 2.18. The van der Waals surface area contributed by atoms with Crippen molar-refractivity contribution >= 4 is 0 Å². The van der Waals surface area contributed by atoms with Crippen LogP contribution < -0.4 is 0 Å². The lowest BCUT2D eigenvalue weighted by Crippen LogP contribution is -2.42. The summed E-state index contributed by atoms with van der Waals surface area (Å²) in [7, 11) is 1.70. The fraction of sp³-hybridized carbons (Fsp3) is 0.889. The first-order valence-electron chi connectivity index (χ1n) is 4.48. The first-order valence-corrected chi connectivity index (χ1v) is 4.48. The van der Waals surface area contributed by atoms with Crippen LogP contribution in [0.25, 0.3) is 0 Å². The maximum atomic E-state index is 8.57. The highest BCUT2D eigenvalue weighted by molar-refractivity contribution is 4.86. The lowest BCUT2D eigenvalue weighted by Gasteiger charge is -2.35. The Labute approximate surface area is 73.9 Å². The van der Waals surface area contributed by atoms with E-state index < -0.39 is 0 Å². The van der Waals surface area contributed by atoms with Crippen LogP contribution in [0.1, 0.15) is 19.3 Å². The van der Waals surface area contributed by atoms with Crippen LogP contribution in [0.3, 0.4) is 0 Å². The Bertz CT molecular complexity index is 160. The van der Waals surface area contributed by atoms with E-state index in [1.165, 1.54) is 19.3 Å². The SMILES string of the molecule is COCCN(CC#N)C1CCC1. The van der Waals surface area contributed by atoms with Gasteiger partial charge in [0.2, 0.25) is 0 Å². The molecule has 0 atom stereocenters. The molecule has 68 valence electrons. The van der Waals surface area contributed by atoms with Gasteiger partial charge in [-0.1, -0.05) is 6.42 Å². The van der Waals surface area contributed by atoms with E-state index in [9.17, 15) is 0 Å². The maximum Gasteiger partial charge on any atom is 0.0869 e. The quantitative estimate of drug-likeness (QED) is 0.575. The van der Waals surface area contributed by atoms with Crippen LogP contribution in [0, 0.1) is 11.3 Å². The topological polar surface area (TPSA) is 36.3 Å². The molecule has 0 amide bonds. The molecule has 3 nitrogen and oxygen atoms in total. The summed E-state index contributed by atoms with van der Waals surface area (Å²) < 4.78 is 4.99.